The molecule has 1 aromatic heterocycles. The third-order valence-corrected chi connectivity index (χ3v) is 1.88. The Kier molecular flexibility index (Phi) is 4.41. The van der Waals surface area contributed by atoms with Crippen molar-refractivity contribution in [1.82, 2.24) is 15.0 Å². The average Bonchev–Trinajstić information content (AvgIpc) is 2.13. The number of hydrogen-bond acceptors (Lipinski definition) is 6. The molecule has 0 aliphatic rings. The topological polar surface area (TPSA) is 128 Å². The van der Waals surface area contributed by atoms with Gasteiger partial charge >= 0.3 is 0 Å². The van der Waals surface area contributed by atoms with Crippen molar-refractivity contribution in [3.8, 4) is 0 Å². The molecule has 0 spiro atoms. The minimum atomic E-state index is -0.682. The van der Waals surface area contributed by atoms with Gasteiger partial charge in [-0.15, -0.1) is 0 Å². The van der Waals surface area contributed by atoms with Crippen molar-refractivity contribution in [2.24, 2.45) is 11.5 Å². The molecule has 0 saturated carbocycles. The van der Waals surface area contributed by atoms with Crippen LogP contribution in [-0.2, 0) is 9.59 Å². The lowest BCUT2D eigenvalue weighted by molar-refractivity contribution is -0.117. The van der Waals surface area contributed by atoms with E-state index in [1.807, 2.05) is 0 Å². The van der Waals surface area contributed by atoms with Gasteiger partial charge in [-0.05, 0) is 23.2 Å². The first kappa shape index (κ1) is 13.4. The number of anilines is 1. The molecular weight excluding hydrogens is 271 g/mol. The van der Waals surface area contributed by atoms with Crippen LogP contribution in [0, 0.1) is 0 Å². The maximum atomic E-state index is 10.8. The number of primary amides is 2. The standard InChI is InChI=1S/C7H8Cl2N6O2/c8-5-12-6(9)14-7(13-5)15(1-3(10)16)2-4(11)17/h1-2H2,(H2,10,16)(H2,11,17). The Bertz CT molecular complexity index is 418. The van der Waals surface area contributed by atoms with E-state index in [2.05, 4.69) is 15.0 Å². The number of rotatable bonds is 5. The molecule has 0 atom stereocenters. The molecule has 0 aliphatic carbocycles. The normalized spacial score (nSPS) is 10.0. The van der Waals surface area contributed by atoms with Gasteiger partial charge in [0.2, 0.25) is 28.3 Å². The number of nitrogens with two attached hydrogens (primary N) is 2. The molecule has 0 saturated heterocycles. The number of aromatic nitrogens is 3. The number of amides is 2. The predicted molar refractivity (Wildman–Crippen MR) is 60.4 cm³/mol. The predicted octanol–water partition coefficient (Wildman–Crippen LogP) is -1.04. The minimum absolute atomic E-state index is 0.0485. The Balaban J connectivity index is 3.02. The zero-order chi connectivity index (χ0) is 13.0. The molecule has 1 heterocycles. The second-order valence-electron chi connectivity index (χ2n) is 2.96. The molecule has 1 aromatic rings. The maximum Gasteiger partial charge on any atom is 0.237 e. The van der Waals surface area contributed by atoms with Crippen LogP contribution < -0.4 is 16.4 Å². The van der Waals surface area contributed by atoms with Gasteiger partial charge in [0.1, 0.15) is 13.1 Å². The van der Waals surface area contributed by atoms with E-state index in [1.54, 1.807) is 0 Å². The Morgan fingerprint density at radius 2 is 1.41 bits per heavy atom. The summed E-state index contributed by atoms with van der Waals surface area (Å²) in [5.74, 6) is -1.41. The third-order valence-electron chi connectivity index (χ3n) is 1.55. The van der Waals surface area contributed by atoms with Crippen molar-refractivity contribution in [1.29, 1.82) is 0 Å². The SMILES string of the molecule is NC(=O)CN(CC(N)=O)c1nc(Cl)nc(Cl)n1. The number of carbonyl (C=O) groups excluding carboxylic acids is 2. The van der Waals surface area contributed by atoms with Crippen LogP contribution in [0.15, 0.2) is 0 Å². The number of nitrogens with zero attached hydrogens (tertiary/aromatic N) is 4. The van der Waals surface area contributed by atoms with Crippen LogP contribution in [0.5, 0.6) is 0 Å². The van der Waals surface area contributed by atoms with E-state index in [4.69, 9.17) is 34.7 Å². The van der Waals surface area contributed by atoms with Gasteiger partial charge in [-0.25, -0.2) is 0 Å². The zero-order valence-corrected chi connectivity index (χ0v) is 9.94. The van der Waals surface area contributed by atoms with E-state index in [-0.39, 0.29) is 29.6 Å². The van der Waals surface area contributed by atoms with E-state index in [9.17, 15) is 9.59 Å². The molecule has 8 nitrogen and oxygen atoms in total. The molecule has 0 aliphatic heterocycles. The summed E-state index contributed by atoms with van der Waals surface area (Å²) in [5.41, 5.74) is 10.0. The molecule has 0 bridgehead atoms. The fourth-order valence-corrected chi connectivity index (χ4v) is 1.39. The summed E-state index contributed by atoms with van der Waals surface area (Å²) in [5, 5.41) is -0.335. The highest BCUT2D eigenvalue weighted by molar-refractivity contribution is 6.31. The Labute approximate surface area is 106 Å². The number of hydrogen-bond donors (Lipinski definition) is 2. The lowest BCUT2D eigenvalue weighted by atomic mass is 10.4. The van der Waals surface area contributed by atoms with Gasteiger partial charge < -0.3 is 16.4 Å². The Morgan fingerprint density at radius 1 is 1.00 bits per heavy atom. The van der Waals surface area contributed by atoms with E-state index in [0.29, 0.717) is 0 Å². The number of carbonyl (C=O) groups is 2. The van der Waals surface area contributed by atoms with Crippen molar-refractivity contribution in [2.45, 2.75) is 0 Å². The minimum Gasteiger partial charge on any atom is -0.368 e. The lowest BCUT2D eigenvalue weighted by Gasteiger charge is -2.18. The van der Waals surface area contributed by atoms with Crippen LogP contribution in [0.4, 0.5) is 5.95 Å². The summed E-state index contributed by atoms with van der Waals surface area (Å²) >= 11 is 11.1. The van der Waals surface area contributed by atoms with Crippen LogP contribution in [0.3, 0.4) is 0 Å². The maximum absolute atomic E-state index is 10.8. The van der Waals surface area contributed by atoms with Crippen molar-refractivity contribution in [2.75, 3.05) is 18.0 Å². The van der Waals surface area contributed by atoms with Gasteiger partial charge in [0.05, 0.1) is 0 Å². The van der Waals surface area contributed by atoms with Crippen molar-refractivity contribution in [3.63, 3.8) is 0 Å². The van der Waals surface area contributed by atoms with Crippen LogP contribution >= 0.6 is 23.2 Å². The fourth-order valence-electron chi connectivity index (χ4n) is 1.03. The smallest absolute Gasteiger partial charge is 0.237 e. The highest BCUT2D eigenvalue weighted by Crippen LogP contribution is 2.13. The monoisotopic (exact) mass is 278 g/mol. The van der Waals surface area contributed by atoms with Crippen LogP contribution in [0.1, 0.15) is 0 Å². The van der Waals surface area contributed by atoms with Crippen molar-refractivity contribution >= 4 is 41.0 Å². The molecule has 92 valence electrons. The van der Waals surface area contributed by atoms with E-state index >= 15 is 0 Å². The highest BCUT2D eigenvalue weighted by Gasteiger charge is 2.16. The lowest BCUT2D eigenvalue weighted by Crippen LogP contribution is -2.40. The molecule has 0 fully saturated rings. The van der Waals surface area contributed by atoms with Crippen LogP contribution in [-0.4, -0.2) is 39.9 Å². The van der Waals surface area contributed by atoms with Gasteiger partial charge in [-0.1, -0.05) is 0 Å². The average molecular weight is 279 g/mol. The molecule has 4 N–H and O–H groups in total. The molecule has 0 unspecified atom stereocenters. The summed E-state index contributed by atoms with van der Waals surface area (Å²) in [7, 11) is 0. The molecule has 17 heavy (non-hydrogen) atoms. The quantitative estimate of drug-likeness (QED) is 0.708. The first-order valence-corrected chi connectivity index (χ1v) is 5.02. The van der Waals surface area contributed by atoms with Gasteiger partial charge in [-0.3, -0.25) is 9.59 Å². The third kappa shape index (κ3) is 4.37. The Morgan fingerprint density at radius 3 is 1.76 bits per heavy atom. The van der Waals surface area contributed by atoms with Crippen LogP contribution in [0.25, 0.3) is 0 Å². The van der Waals surface area contributed by atoms with Gasteiger partial charge in [0, 0.05) is 0 Å². The van der Waals surface area contributed by atoms with Gasteiger partial charge in [-0.2, -0.15) is 15.0 Å². The van der Waals surface area contributed by atoms with Gasteiger partial charge in [0.25, 0.3) is 0 Å². The summed E-state index contributed by atoms with van der Waals surface area (Å²) in [6.07, 6.45) is 0. The summed E-state index contributed by atoms with van der Waals surface area (Å²) < 4.78 is 0. The first-order chi connectivity index (χ1) is 7.88. The molecule has 10 heteroatoms. The Hall–Kier alpha value is -1.67. The summed E-state index contributed by atoms with van der Waals surface area (Å²) in [4.78, 5) is 33.7. The number of halogens is 2. The van der Waals surface area contributed by atoms with E-state index in [0.717, 1.165) is 4.90 Å². The molecule has 0 radical (unpaired) electrons. The summed E-state index contributed by atoms with van der Waals surface area (Å²) in [6.45, 7) is -0.584. The second-order valence-corrected chi connectivity index (χ2v) is 3.64. The van der Waals surface area contributed by atoms with Gasteiger partial charge in [0.15, 0.2) is 0 Å². The van der Waals surface area contributed by atoms with E-state index < -0.39 is 11.8 Å². The van der Waals surface area contributed by atoms with Crippen molar-refractivity contribution < 1.29 is 9.59 Å². The second kappa shape index (κ2) is 5.60. The fraction of sp³-hybridized carbons (Fsp3) is 0.286. The molecule has 2 amide bonds. The van der Waals surface area contributed by atoms with E-state index in [1.165, 1.54) is 0 Å². The highest BCUT2D eigenvalue weighted by atomic mass is 35.5. The van der Waals surface area contributed by atoms with Crippen LogP contribution in [0.2, 0.25) is 10.6 Å². The molecule has 0 aromatic carbocycles. The van der Waals surface area contributed by atoms with Crippen molar-refractivity contribution in [3.05, 3.63) is 10.6 Å². The zero-order valence-electron chi connectivity index (χ0n) is 8.43. The first-order valence-electron chi connectivity index (χ1n) is 4.27. The molecular formula is C7H8Cl2N6O2. The molecule has 1 rings (SSSR count). The summed E-state index contributed by atoms with van der Waals surface area (Å²) in [6, 6.07) is 0. The largest absolute Gasteiger partial charge is 0.368 e.